The summed E-state index contributed by atoms with van der Waals surface area (Å²) in [5, 5.41) is 40.0. The molecule has 0 spiro atoms. The van der Waals surface area contributed by atoms with Gasteiger partial charge < -0.3 is 39.6 Å². The van der Waals surface area contributed by atoms with Crippen LogP contribution in [0.15, 0.2) is 102 Å². The molecule has 13 heteroatoms. The summed E-state index contributed by atoms with van der Waals surface area (Å²) in [6.45, 7) is 13.3. The number of aliphatic hydroxyl groups is 3. The highest BCUT2D eigenvalue weighted by Crippen LogP contribution is 2.65. The van der Waals surface area contributed by atoms with Crippen molar-refractivity contribution >= 4 is 29.6 Å². The van der Waals surface area contributed by atoms with Crippen LogP contribution in [0.4, 0.5) is 0 Å². The number of ketones is 1. The molecule has 1 saturated heterocycles. The van der Waals surface area contributed by atoms with Crippen LogP contribution in [0.2, 0.25) is 0 Å². The van der Waals surface area contributed by atoms with Crippen LogP contribution in [0.1, 0.15) is 101 Å². The monoisotopic (exact) mass is 839 g/mol. The molecule has 0 unspecified atom stereocenters. The summed E-state index contributed by atoms with van der Waals surface area (Å²) in [4.78, 5) is 69.9. The van der Waals surface area contributed by atoms with Gasteiger partial charge in [-0.2, -0.15) is 0 Å². The van der Waals surface area contributed by atoms with Crippen molar-refractivity contribution in [3.8, 4) is 0 Å². The SMILES string of the molecule is CC.CC(=O)O[C@@]12CO[C@@H]1C[C@H](O)[C@@]1(C)C(=O)[C@H](C)C3=C(C)[C@@H](OC(=O)[C@H](O)[C@@H](NC(=O)c4ccccc4)c4ccccc4)C[C@@](O)([C@@H](OC(=O)c4ccccc4)[C@H]21)C3(C)C. The van der Waals surface area contributed by atoms with E-state index < -0.39 is 106 Å². The zero-order valence-corrected chi connectivity index (χ0v) is 35.9. The number of benzene rings is 3. The Kier molecular flexibility index (Phi) is 12.8. The highest BCUT2D eigenvalue weighted by Gasteiger charge is 2.77. The van der Waals surface area contributed by atoms with Gasteiger partial charge in [0.25, 0.3) is 5.91 Å². The largest absolute Gasteiger partial charge is 0.456 e. The van der Waals surface area contributed by atoms with Gasteiger partial charge >= 0.3 is 17.9 Å². The van der Waals surface area contributed by atoms with Crippen LogP contribution in [0, 0.1) is 22.7 Å². The van der Waals surface area contributed by atoms with E-state index in [2.05, 4.69) is 5.32 Å². The second-order valence-corrected chi connectivity index (χ2v) is 17.1. The van der Waals surface area contributed by atoms with Gasteiger partial charge in [0.1, 0.15) is 29.7 Å². The lowest BCUT2D eigenvalue weighted by molar-refractivity contribution is -0.345. The fraction of sp³-hybridized carbons (Fsp3) is 0.479. The van der Waals surface area contributed by atoms with Crippen molar-refractivity contribution in [1.29, 1.82) is 0 Å². The molecule has 7 rings (SSSR count). The van der Waals surface area contributed by atoms with Crippen molar-refractivity contribution in [1.82, 2.24) is 5.32 Å². The van der Waals surface area contributed by atoms with E-state index in [9.17, 15) is 34.5 Å². The normalized spacial score (nSPS) is 32.0. The predicted molar refractivity (Wildman–Crippen MR) is 223 cm³/mol. The third-order valence-electron chi connectivity index (χ3n) is 13.5. The van der Waals surface area contributed by atoms with Gasteiger partial charge in [-0.05, 0) is 54.8 Å². The molecule has 3 aliphatic carbocycles. The molecule has 1 aliphatic heterocycles. The first kappa shape index (κ1) is 45.3. The first-order chi connectivity index (χ1) is 28.9. The summed E-state index contributed by atoms with van der Waals surface area (Å²) in [5.74, 6) is -6.06. The van der Waals surface area contributed by atoms with Crippen LogP contribution in [0.5, 0.6) is 0 Å². The Morgan fingerprint density at radius 3 is 1.97 bits per heavy atom. The second-order valence-electron chi connectivity index (χ2n) is 17.1. The Morgan fingerprint density at radius 1 is 0.869 bits per heavy atom. The zero-order chi connectivity index (χ0) is 44.7. The lowest BCUT2D eigenvalue weighted by atomic mass is 9.43. The summed E-state index contributed by atoms with van der Waals surface area (Å²) < 4.78 is 24.5. The Bertz CT molecular complexity index is 2160. The number of carbonyl (C=O) groups excluding carboxylic acids is 5. The molecule has 2 saturated carbocycles. The number of amides is 1. The summed E-state index contributed by atoms with van der Waals surface area (Å²) in [7, 11) is 0. The molecule has 3 aromatic carbocycles. The van der Waals surface area contributed by atoms with E-state index in [4.69, 9.17) is 18.9 Å². The third kappa shape index (κ3) is 7.59. The number of rotatable bonds is 9. The van der Waals surface area contributed by atoms with Gasteiger partial charge in [0.05, 0.1) is 35.6 Å². The Hall–Kier alpha value is -5.21. The lowest BCUT2D eigenvalue weighted by Crippen LogP contribution is -2.81. The molecule has 4 aliphatic rings. The van der Waals surface area contributed by atoms with E-state index in [1.165, 1.54) is 19.1 Å². The number of aliphatic hydroxyl groups excluding tert-OH is 2. The van der Waals surface area contributed by atoms with Gasteiger partial charge in [-0.25, -0.2) is 9.59 Å². The van der Waals surface area contributed by atoms with Gasteiger partial charge in [-0.15, -0.1) is 0 Å². The van der Waals surface area contributed by atoms with Crippen LogP contribution >= 0.6 is 0 Å². The minimum atomic E-state index is -2.19. The number of nitrogens with one attached hydrogen (secondary N) is 1. The summed E-state index contributed by atoms with van der Waals surface area (Å²) in [6.07, 6.45) is -7.67. The van der Waals surface area contributed by atoms with E-state index in [1.807, 2.05) is 13.8 Å². The molecule has 11 atom stereocenters. The summed E-state index contributed by atoms with van der Waals surface area (Å²) in [6, 6.07) is 23.5. The number of hydrogen-bond donors (Lipinski definition) is 4. The number of carbonyl (C=O) groups is 5. The van der Waals surface area contributed by atoms with Crippen molar-refractivity contribution in [2.45, 2.75) is 116 Å². The van der Waals surface area contributed by atoms with E-state index in [1.54, 1.807) is 113 Å². The number of fused-ring (bicyclic) bond motifs is 5. The Morgan fingerprint density at radius 2 is 1.43 bits per heavy atom. The Labute approximate surface area is 356 Å². The molecule has 3 aromatic rings. The van der Waals surface area contributed by atoms with Gasteiger partial charge in [0.15, 0.2) is 11.7 Å². The molecule has 61 heavy (non-hydrogen) atoms. The molecular formula is C48H57NO12. The predicted octanol–water partition coefficient (Wildman–Crippen LogP) is 5.47. The minimum Gasteiger partial charge on any atom is -0.456 e. The highest BCUT2D eigenvalue weighted by atomic mass is 16.6. The van der Waals surface area contributed by atoms with Crippen molar-refractivity contribution in [3.63, 3.8) is 0 Å². The first-order valence-electron chi connectivity index (χ1n) is 20.9. The van der Waals surface area contributed by atoms with Crippen molar-refractivity contribution in [2.24, 2.45) is 22.7 Å². The molecule has 13 nitrogen and oxygen atoms in total. The molecule has 1 heterocycles. The molecule has 2 bridgehead atoms. The maximum atomic E-state index is 15.2. The average Bonchev–Trinajstić information content (AvgIpc) is 3.25. The van der Waals surface area contributed by atoms with Crippen LogP contribution in [0.3, 0.4) is 0 Å². The Balaban J connectivity index is 0.00000307. The van der Waals surface area contributed by atoms with Crippen molar-refractivity contribution in [2.75, 3.05) is 6.61 Å². The first-order valence-corrected chi connectivity index (χ1v) is 20.9. The molecular weight excluding hydrogens is 783 g/mol. The average molecular weight is 840 g/mol. The van der Waals surface area contributed by atoms with Gasteiger partial charge in [0, 0.05) is 36.7 Å². The smallest absolute Gasteiger partial charge is 0.338 e. The van der Waals surface area contributed by atoms with Gasteiger partial charge in [-0.3, -0.25) is 14.4 Å². The van der Waals surface area contributed by atoms with Crippen LogP contribution in [-0.2, 0) is 33.3 Å². The fourth-order valence-electron chi connectivity index (χ4n) is 10.4. The molecule has 326 valence electrons. The number of esters is 3. The van der Waals surface area contributed by atoms with E-state index in [-0.39, 0.29) is 18.6 Å². The molecule has 0 aromatic heterocycles. The van der Waals surface area contributed by atoms with Crippen LogP contribution < -0.4 is 5.32 Å². The fourth-order valence-corrected chi connectivity index (χ4v) is 10.4. The maximum absolute atomic E-state index is 15.2. The van der Waals surface area contributed by atoms with E-state index >= 15 is 4.79 Å². The van der Waals surface area contributed by atoms with Crippen LogP contribution in [0.25, 0.3) is 0 Å². The van der Waals surface area contributed by atoms with Gasteiger partial charge in [0.2, 0.25) is 0 Å². The van der Waals surface area contributed by atoms with Crippen molar-refractivity contribution < 1.29 is 58.2 Å². The summed E-state index contributed by atoms with van der Waals surface area (Å²) in [5.41, 5.74) is -5.28. The number of Topliss-reactive ketones (excluding diaryl/α,β-unsaturated/α-hetero) is 1. The molecule has 0 radical (unpaired) electrons. The maximum Gasteiger partial charge on any atom is 0.338 e. The van der Waals surface area contributed by atoms with Crippen molar-refractivity contribution in [3.05, 3.63) is 119 Å². The van der Waals surface area contributed by atoms with E-state index in [0.29, 0.717) is 22.3 Å². The van der Waals surface area contributed by atoms with E-state index in [0.717, 1.165) is 0 Å². The molecule has 1 amide bonds. The minimum absolute atomic E-state index is 0.0700. The highest BCUT2D eigenvalue weighted by molar-refractivity contribution is 5.95. The zero-order valence-electron chi connectivity index (χ0n) is 35.9. The quantitative estimate of drug-likeness (QED) is 0.121. The number of ether oxygens (including phenoxy) is 4. The second kappa shape index (κ2) is 17.3. The number of hydrogen-bond acceptors (Lipinski definition) is 12. The lowest BCUT2D eigenvalue weighted by Gasteiger charge is -2.67. The molecule has 4 N–H and O–H groups in total. The topological polar surface area (TPSA) is 195 Å². The van der Waals surface area contributed by atoms with Gasteiger partial charge in [-0.1, -0.05) is 101 Å². The van der Waals surface area contributed by atoms with Crippen LogP contribution in [-0.4, -0.2) is 93.2 Å². The summed E-state index contributed by atoms with van der Waals surface area (Å²) >= 11 is 0. The molecule has 3 fully saturated rings. The third-order valence-corrected chi connectivity index (χ3v) is 13.5. The standard InChI is InChI=1S/C46H51NO12.C2H6/c1-25-31(57-42(54)36(50)35(28-16-10-7-11-17-28)47-40(52)29-18-12-8-13-19-29)23-46(55)39(58-41(53)30-20-14-9-15-21-30)37-44(6,38(51)26(2)34(25)43(46,4)5)32(49)22-33-45(37,24-56-33)59-27(3)48;1-2/h7-21,26,31-33,35-37,39,49-50,55H,22-24H2,1-6H3,(H,47,52);1-2H3/t26-,31+,32+,33-,35+,36-,37+,39+,44-,45+,46-;/m1./s1.